The lowest BCUT2D eigenvalue weighted by Gasteiger charge is -2.16. The molecule has 3 heterocycles. The molecule has 1 unspecified atom stereocenters. The fourth-order valence-electron chi connectivity index (χ4n) is 2.73. The normalized spacial score (nSPS) is 26.5. The number of aromatic nitrogens is 4. The first-order chi connectivity index (χ1) is 12.8. The zero-order valence-electron chi connectivity index (χ0n) is 14.0. The summed E-state index contributed by atoms with van der Waals surface area (Å²) in [5, 5.41) is 29.3. The van der Waals surface area contributed by atoms with Crippen molar-refractivity contribution in [1.82, 2.24) is 19.5 Å². The predicted octanol–water partition coefficient (Wildman–Crippen LogP) is -1.30. The topological polar surface area (TPSA) is 183 Å². The van der Waals surface area contributed by atoms with Crippen molar-refractivity contribution in [3.63, 3.8) is 0 Å². The molecule has 0 saturated carbocycles. The SMILES string of the molecule is Nc1nc(F)nc2c1ncn2[C@@H]1O[C@H](CSCCC(N)C(=O)O)[C@@H](O)[C@H]1O. The predicted molar refractivity (Wildman–Crippen MR) is 93.2 cm³/mol. The maximum atomic E-state index is 13.5. The average Bonchev–Trinajstić information content (AvgIpc) is 3.14. The zero-order valence-corrected chi connectivity index (χ0v) is 14.8. The summed E-state index contributed by atoms with van der Waals surface area (Å²) in [7, 11) is 0. The lowest BCUT2D eigenvalue weighted by Crippen LogP contribution is -2.33. The number of thioether (sulfide) groups is 1. The monoisotopic (exact) mass is 402 g/mol. The molecule has 148 valence electrons. The van der Waals surface area contributed by atoms with Crippen molar-refractivity contribution in [2.75, 3.05) is 17.2 Å². The quantitative estimate of drug-likeness (QED) is 0.274. The molecule has 11 nitrogen and oxygen atoms in total. The molecule has 0 radical (unpaired) electrons. The van der Waals surface area contributed by atoms with Gasteiger partial charge in [0.1, 0.15) is 18.2 Å². The number of carboxylic acid groups (broad SMARTS) is 1. The van der Waals surface area contributed by atoms with Crippen LogP contribution in [-0.2, 0) is 9.53 Å². The number of nitrogens with zero attached hydrogens (tertiary/aromatic N) is 4. The maximum absolute atomic E-state index is 13.5. The second-order valence-corrected chi connectivity index (χ2v) is 7.21. The van der Waals surface area contributed by atoms with Gasteiger partial charge in [-0.15, -0.1) is 0 Å². The third-order valence-corrected chi connectivity index (χ3v) is 5.29. The Kier molecular flexibility index (Phi) is 5.76. The third kappa shape index (κ3) is 3.96. The summed E-state index contributed by atoms with van der Waals surface area (Å²) in [6.07, 6.45) is -3.77. The summed E-state index contributed by atoms with van der Waals surface area (Å²) in [5.41, 5.74) is 11.2. The molecule has 0 aromatic carbocycles. The molecule has 0 aliphatic carbocycles. The van der Waals surface area contributed by atoms with Gasteiger partial charge >= 0.3 is 12.0 Å². The van der Waals surface area contributed by atoms with Crippen LogP contribution in [0.2, 0.25) is 0 Å². The Morgan fingerprint density at radius 1 is 1.41 bits per heavy atom. The summed E-state index contributed by atoms with van der Waals surface area (Å²) >= 11 is 1.34. The van der Waals surface area contributed by atoms with Gasteiger partial charge in [0.25, 0.3) is 0 Å². The molecule has 2 aromatic heterocycles. The van der Waals surface area contributed by atoms with E-state index in [0.29, 0.717) is 11.5 Å². The van der Waals surface area contributed by atoms with E-state index in [-0.39, 0.29) is 23.4 Å². The van der Waals surface area contributed by atoms with Crippen molar-refractivity contribution in [2.24, 2.45) is 5.73 Å². The van der Waals surface area contributed by atoms with E-state index in [1.54, 1.807) is 0 Å². The van der Waals surface area contributed by atoms with Crippen molar-refractivity contribution >= 4 is 34.7 Å². The van der Waals surface area contributed by atoms with Crippen molar-refractivity contribution in [1.29, 1.82) is 0 Å². The fraction of sp³-hybridized carbons (Fsp3) is 0.571. The zero-order chi connectivity index (χ0) is 19.7. The first-order valence-electron chi connectivity index (χ1n) is 8.03. The Bertz CT molecular complexity index is 838. The second-order valence-electron chi connectivity index (χ2n) is 6.06. The molecule has 1 fully saturated rings. The summed E-state index contributed by atoms with van der Waals surface area (Å²) in [6, 6.07) is -0.956. The number of carboxylic acids is 1. The minimum atomic E-state index is -1.30. The van der Waals surface area contributed by atoms with Gasteiger partial charge in [0.2, 0.25) is 0 Å². The van der Waals surface area contributed by atoms with Gasteiger partial charge in [-0.05, 0) is 12.2 Å². The summed E-state index contributed by atoms with van der Waals surface area (Å²) in [6.45, 7) is 0. The second kappa shape index (κ2) is 7.90. The Labute approximate surface area is 156 Å². The Hall–Kier alpha value is -2.06. The van der Waals surface area contributed by atoms with E-state index in [0.717, 1.165) is 0 Å². The van der Waals surface area contributed by atoms with E-state index >= 15 is 0 Å². The molecule has 0 bridgehead atoms. The number of halogens is 1. The maximum Gasteiger partial charge on any atom is 0.320 e. The first kappa shape index (κ1) is 19.7. The minimum absolute atomic E-state index is 0.0389. The molecule has 1 aliphatic rings. The number of aliphatic hydroxyl groups is 2. The molecule has 3 rings (SSSR count). The van der Waals surface area contributed by atoms with Crippen LogP contribution in [0.3, 0.4) is 0 Å². The van der Waals surface area contributed by atoms with Crippen molar-refractivity contribution in [3.8, 4) is 0 Å². The van der Waals surface area contributed by atoms with Crippen LogP contribution in [-0.4, -0.2) is 76.7 Å². The third-order valence-electron chi connectivity index (χ3n) is 4.20. The number of rotatable bonds is 7. The molecule has 2 aromatic rings. The molecule has 0 spiro atoms. The summed E-state index contributed by atoms with van der Waals surface area (Å²) in [5.74, 6) is -0.474. The number of nitrogens with two attached hydrogens (primary N) is 2. The number of hydrogen-bond donors (Lipinski definition) is 5. The van der Waals surface area contributed by atoms with Crippen LogP contribution >= 0.6 is 11.8 Å². The van der Waals surface area contributed by atoms with Crippen molar-refractivity contribution in [3.05, 3.63) is 12.4 Å². The van der Waals surface area contributed by atoms with Gasteiger partial charge in [-0.2, -0.15) is 26.1 Å². The number of imidazole rings is 1. The van der Waals surface area contributed by atoms with E-state index in [2.05, 4.69) is 15.0 Å². The number of carbonyl (C=O) groups is 1. The smallest absolute Gasteiger partial charge is 0.320 e. The number of aliphatic carboxylic acids is 1. The standard InChI is InChI=1S/C14H19FN6O5S/c15-14-19-10(17)7-11(20-14)21(4-18-7)12-9(23)8(22)6(26-12)3-27-2-1-5(16)13(24)25/h4-6,8-9,12,22-23H,1-3,16H2,(H,24,25)(H2,17,19,20)/t5?,6-,8-,9-,12-/m1/s1. The number of anilines is 1. The molecule has 7 N–H and O–H groups in total. The van der Waals surface area contributed by atoms with Gasteiger partial charge < -0.3 is 31.5 Å². The minimum Gasteiger partial charge on any atom is -0.480 e. The highest BCUT2D eigenvalue weighted by Crippen LogP contribution is 2.33. The van der Waals surface area contributed by atoms with E-state index in [1.165, 1.54) is 22.7 Å². The Balaban J connectivity index is 1.68. The molecule has 27 heavy (non-hydrogen) atoms. The van der Waals surface area contributed by atoms with Crippen LogP contribution in [0, 0.1) is 6.08 Å². The van der Waals surface area contributed by atoms with Gasteiger partial charge in [-0.3, -0.25) is 9.36 Å². The van der Waals surface area contributed by atoms with Gasteiger partial charge in [0, 0.05) is 5.75 Å². The lowest BCUT2D eigenvalue weighted by molar-refractivity contribution is -0.138. The first-order valence-corrected chi connectivity index (χ1v) is 9.18. The molecule has 0 amide bonds. The molecule has 1 aliphatic heterocycles. The van der Waals surface area contributed by atoms with Crippen molar-refractivity contribution in [2.45, 2.75) is 37.0 Å². The Morgan fingerprint density at radius 2 is 2.15 bits per heavy atom. The van der Waals surface area contributed by atoms with Crippen LogP contribution in [0.5, 0.6) is 0 Å². The van der Waals surface area contributed by atoms with Crippen LogP contribution in [0.25, 0.3) is 11.2 Å². The van der Waals surface area contributed by atoms with Gasteiger partial charge in [-0.1, -0.05) is 0 Å². The lowest BCUT2D eigenvalue weighted by atomic mass is 10.1. The molecule has 1 saturated heterocycles. The van der Waals surface area contributed by atoms with E-state index < -0.39 is 42.6 Å². The van der Waals surface area contributed by atoms with Crippen LogP contribution < -0.4 is 11.5 Å². The summed E-state index contributed by atoms with van der Waals surface area (Å²) < 4.78 is 20.5. The molecular weight excluding hydrogens is 383 g/mol. The highest BCUT2D eigenvalue weighted by Gasteiger charge is 2.44. The molecule has 13 heteroatoms. The highest BCUT2D eigenvalue weighted by atomic mass is 32.2. The largest absolute Gasteiger partial charge is 0.480 e. The number of ether oxygens (including phenoxy) is 1. The van der Waals surface area contributed by atoms with Crippen molar-refractivity contribution < 1.29 is 29.2 Å². The number of nitrogen functional groups attached to an aromatic ring is 1. The highest BCUT2D eigenvalue weighted by molar-refractivity contribution is 7.99. The molecule has 5 atom stereocenters. The van der Waals surface area contributed by atoms with E-state index in [1.807, 2.05) is 0 Å². The number of fused-ring (bicyclic) bond motifs is 1. The average molecular weight is 402 g/mol. The van der Waals surface area contributed by atoms with Gasteiger partial charge in [-0.25, -0.2) is 4.98 Å². The van der Waals surface area contributed by atoms with Crippen LogP contribution in [0.15, 0.2) is 6.33 Å². The summed E-state index contributed by atoms with van der Waals surface area (Å²) in [4.78, 5) is 21.7. The van der Waals surface area contributed by atoms with Crippen LogP contribution in [0.4, 0.5) is 10.2 Å². The van der Waals surface area contributed by atoms with E-state index in [9.17, 15) is 19.4 Å². The van der Waals surface area contributed by atoms with Gasteiger partial charge in [0.15, 0.2) is 23.2 Å². The van der Waals surface area contributed by atoms with Crippen LogP contribution in [0.1, 0.15) is 12.6 Å². The number of hydrogen-bond acceptors (Lipinski definition) is 10. The Morgan fingerprint density at radius 3 is 2.85 bits per heavy atom. The molecular formula is C14H19FN6O5S. The fourth-order valence-corrected chi connectivity index (χ4v) is 3.82. The van der Waals surface area contributed by atoms with Gasteiger partial charge in [0.05, 0.1) is 12.4 Å². The van der Waals surface area contributed by atoms with E-state index in [4.69, 9.17) is 21.3 Å². The number of aliphatic hydroxyl groups excluding tert-OH is 2.